The fourth-order valence-corrected chi connectivity index (χ4v) is 3.25. The Bertz CT molecular complexity index is 421. The van der Waals surface area contributed by atoms with E-state index in [1.165, 1.54) is 6.92 Å². The molecule has 1 amide bonds. The fourth-order valence-electron chi connectivity index (χ4n) is 1.70. The molecule has 0 aromatic rings. The van der Waals surface area contributed by atoms with Crippen molar-refractivity contribution in [1.29, 1.82) is 0 Å². The van der Waals surface area contributed by atoms with Crippen molar-refractivity contribution >= 4 is 15.9 Å². The molecule has 0 radical (unpaired) electrons. The van der Waals surface area contributed by atoms with Gasteiger partial charge in [-0.25, -0.2) is 12.7 Å². The Labute approximate surface area is 104 Å². The summed E-state index contributed by atoms with van der Waals surface area (Å²) in [5.74, 6) is -0.937. The summed E-state index contributed by atoms with van der Waals surface area (Å²) >= 11 is 0. The molecule has 9 heteroatoms. The molecule has 1 heterocycles. The molecule has 0 bridgehead atoms. The van der Waals surface area contributed by atoms with Gasteiger partial charge in [0.25, 0.3) is 5.91 Å². The van der Waals surface area contributed by atoms with E-state index in [1.807, 2.05) is 0 Å². The number of hydrogen-bond donors (Lipinski definition) is 0. The predicted octanol–water partition coefficient (Wildman–Crippen LogP) is 0.431. The second-order valence-corrected chi connectivity index (χ2v) is 6.30. The van der Waals surface area contributed by atoms with E-state index in [4.69, 9.17) is 0 Å². The molecular formula is C9H15F3N2O3S. The van der Waals surface area contributed by atoms with Gasteiger partial charge in [-0.15, -0.1) is 0 Å². The van der Waals surface area contributed by atoms with Crippen molar-refractivity contribution in [2.45, 2.75) is 25.6 Å². The summed E-state index contributed by atoms with van der Waals surface area (Å²) in [7, 11) is -2.50. The maximum absolute atomic E-state index is 12.2. The van der Waals surface area contributed by atoms with Crippen LogP contribution in [0.1, 0.15) is 13.3 Å². The van der Waals surface area contributed by atoms with Gasteiger partial charge < -0.3 is 0 Å². The van der Waals surface area contributed by atoms with Crippen LogP contribution in [0.2, 0.25) is 0 Å². The topological polar surface area (TPSA) is 57.7 Å². The Morgan fingerprint density at radius 3 is 2.39 bits per heavy atom. The van der Waals surface area contributed by atoms with Gasteiger partial charge in [0, 0.05) is 6.54 Å². The van der Waals surface area contributed by atoms with Crippen LogP contribution < -0.4 is 0 Å². The molecule has 5 nitrogen and oxygen atoms in total. The number of nitrogens with zero attached hydrogens (tertiary/aromatic N) is 2. The van der Waals surface area contributed by atoms with Gasteiger partial charge in [-0.3, -0.25) is 9.69 Å². The summed E-state index contributed by atoms with van der Waals surface area (Å²) in [4.78, 5) is 12.6. The number of likely N-dealkylation sites (N-methyl/N-ethyl adjacent to an activating group) is 1. The molecule has 0 N–H and O–H groups in total. The summed E-state index contributed by atoms with van der Waals surface area (Å²) in [5.41, 5.74) is 0. The zero-order chi connectivity index (χ0) is 14.1. The Balaban J connectivity index is 2.73. The normalized spacial score (nSPS) is 21.3. The Hall–Kier alpha value is -0.830. The van der Waals surface area contributed by atoms with Gasteiger partial charge in [-0.2, -0.15) is 13.2 Å². The van der Waals surface area contributed by atoms with E-state index in [-0.39, 0.29) is 12.3 Å². The van der Waals surface area contributed by atoms with E-state index in [1.54, 1.807) is 0 Å². The minimum absolute atomic E-state index is 0.0470. The van der Waals surface area contributed by atoms with E-state index in [0.717, 1.165) is 11.9 Å². The Morgan fingerprint density at radius 2 is 2.00 bits per heavy atom. The highest BCUT2D eigenvalue weighted by Crippen LogP contribution is 2.20. The predicted molar refractivity (Wildman–Crippen MR) is 58.3 cm³/mol. The van der Waals surface area contributed by atoms with Crippen molar-refractivity contribution in [2.24, 2.45) is 0 Å². The van der Waals surface area contributed by atoms with E-state index >= 15 is 0 Å². The van der Waals surface area contributed by atoms with E-state index < -0.39 is 34.7 Å². The zero-order valence-electron chi connectivity index (χ0n) is 10.1. The van der Waals surface area contributed by atoms with Crippen LogP contribution in [0.4, 0.5) is 13.2 Å². The Kier molecular flexibility index (Phi) is 4.26. The molecule has 0 saturated carbocycles. The first kappa shape index (κ1) is 15.2. The first-order chi connectivity index (χ1) is 8.04. The lowest BCUT2D eigenvalue weighted by Crippen LogP contribution is -2.48. The van der Waals surface area contributed by atoms with E-state index in [9.17, 15) is 26.4 Å². The van der Waals surface area contributed by atoms with Crippen molar-refractivity contribution in [2.75, 3.05) is 25.9 Å². The number of rotatable bonds is 3. The number of alkyl halides is 3. The second kappa shape index (κ2) is 5.04. The number of hydrogen-bond acceptors (Lipinski definition) is 4. The maximum atomic E-state index is 12.2. The van der Waals surface area contributed by atoms with Crippen molar-refractivity contribution in [3.63, 3.8) is 0 Å². The zero-order valence-corrected chi connectivity index (χ0v) is 10.9. The smallest absolute Gasteiger partial charge is 0.287 e. The third kappa shape index (κ3) is 3.58. The van der Waals surface area contributed by atoms with Gasteiger partial charge in [0.2, 0.25) is 10.0 Å². The van der Waals surface area contributed by atoms with E-state index in [2.05, 4.69) is 0 Å². The molecule has 1 fully saturated rings. The summed E-state index contributed by atoms with van der Waals surface area (Å²) in [6.45, 7) is 0.0566. The van der Waals surface area contributed by atoms with Crippen LogP contribution in [0.25, 0.3) is 0 Å². The quantitative estimate of drug-likeness (QED) is 0.756. The summed E-state index contributed by atoms with van der Waals surface area (Å²) in [6.07, 6.45) is -4.10. The molecule has 0 unspecified atom stereocenters. The largest absolute Gasteiger partial charge is 0.401 e. The molecule has 1 aliphatic heterocycles. The third-order valence-electron chi connectivity index (χ3n) is 2.79. The highest BCUT2D eigenvalue weighted by molar-refractivity contribution is 7.89. The van der Waals surface area contributed by atoms with Crippen molar-refractivity contribution in [3.05, 3.63) is 0 Å². The second-order valence-electron chi connectivity index (χ2n) is 4.29. The minimum atomic E-state index is -4.42. The fraction of sp³-hybridized carbons (Fsp3) is 0.889. The molecule has 1 rings (SSSR count). The standard InChI is InChI=1S/C9H15F3N2O3S/c1-7(13(2)6-9(10,11)12)8(15)14-4-3-5-18(14,16)17/h7H,3-6H2,1-2H3/t7-/m0/s1. The first-order valence-electron chi connectivity index (χ1n) is 5.36. The summed E-state index contributed by atoms with van der Waals surface area (Å²) < 4.78 is 60.2. The molecular weight excluding hydrogens is 273 g/mol. The Morgan fingerprint density at radius 1 is 1.44 bits per heavy atom. The van der Waals surface area contributed by atoms with Crippen molar-refractivity contribution in [3.8, 4) is 0 Å². The summed E-state index contributed by atoms with van der Waals surface area (Å²) in [6, 6.07) is -1.13. The highest BCUT2D eigenvalue weighted by Gasteiger charge is 2.38. The lowest BCUT2D eigenvalue weighted by molar-refractivity contribution is -0.152. The van der Waals surface area contributed by atoms with Crippen LogP contribution in [0.3, 0.4) is 0 Å². The molecule has 1 aliphatic rings. The molecule has 1 saturated heterocycles. The number of carbonyl (C=O) groups is 1. The van der Waals surface area contributed by atoms with Gasteiger partial charge in [-0.05, 0) is 20.4 Å². The number of sulfonamides is 1. The van der Waals surface area contributed by atoms with Gasteiger partial charge in [0.05, 0.1) is 18.3 Å². The number of amides is 1. The van der Waals surface area contributed by atoms with Crippen molar-refractivity contribution in [1.82, 2.24) is 9.21 Å². The van der Waals surface area contributed by atoms with Gasteiger partial charge in [0.1, 0.15) is 0 Å². The highest BCUT2D eigenvalue weighted by atomic mass is 32.2. The lowest BCUT2D eigenvalue weighted by Gasteiger charge is -2.27. The average molecular weight is 288 g/mol. The van der Waals surface area contributed by atoms with Crippen LogP contribution in [0.15, 0.2) is 0 Å². The molecule has 106 valence electrons. The molecule has 1 atom stereocenters. The summed E-state index contributed by atoms with van der Waals surface area (Å²) in [5, 5.41) is 0. The van der Waals surface area contributed by atoms with Gasteiger partial charge in [0.15, 0.2) is 0 Å². The van der Waals surface area contributed by atoms with Crippen LogP contribution in [-0.2, 0) is 14.8 Å². The van der Waals surface area contributed by atoms with Crippen LogP contribution >= 0.6 is 0 Å². The van der Waals surface area contributed by atoms with E-state index in [0.29, 0.717) is 10.7 Å². The van der Waals surface area contributed by atoms with Crippen LogP contribution in [0.5, 0.6) is 0 Å². The molecule has 18 heavy (non-hydrogen) atoms. The SMILES string of the molecule is C[C@@H](C(=O)N1CCCS1(=O)=O)N(C)CC(F)(F)F. The molecule has 0 spiro atoms. The third-order valence-corrected chi connectivity index (χ3v) is 4.63. The van der Waals surface area contributed by atoms with Crippen molar-refractivity contribution < 1.29 is 26.4 Å². The minimum Gasteiger partial charge on any atom is -0.287 e. The van der Waals surface area contributed by atoms with Gasteiger partial charge in [-0.1, -0.05) is 0 Å². The molecule has 0 aliphatic carbocycles. The maximum Gasteiger partial charge on any atom is 0.401 e. The van der Waals surface area contributed by atoms with Crippen LogP contribution in [0, 0.1) is 0 Å². The first-order valence-corrected chi connectivity index (χ1v) is 6.97. The average Bonchev–Trinajstić information content (AvgIpc) is 2.53. The monoisotopic (exact) mass is 288 g/mol. The lowest BCUT2D eigenvalue weighted by atomic mass is 10.2. The molecule has 0 aromatic heterocycles. The van der Waals surface area contributed by atoms with Gasteiger partial charge >= 0.3 is 6.18 Å². The number of carbonyl (C=O) groups excluding carboxylic acids is 1. The van der Waals surface area contributed by atoms with Crippen LogP contribution in [-0.4, -0.2) is 61.6 Å². The number of halogens is 3. The molecule has 0 aromatic carbocycles.